The van der Waals surface area contributed by atoms with Gasteiger partial charge in [0.25, 0.3) is 0 Å². The van der Waals surface area contributed by atoms with Crippen LogP contribution < -0.4 is 10.1 Å². The van der Waals surface area contributed by atoms with Crippen LogP contribution in [0.5, 0.6) is 5.75 Å². The molecule has 6 rings (SSSR count). The number of benzene rings is 2. The van der Waals surface area contributed by atoms with Gasteiger partial charge >= 0.3 is 6.03 Å². The van der Waals surface area contributed by atoms with Gasteiger partial charge in [-0.05, 0) is 61.3 Å². The van der Waals surface area contributed by atoms with Crippen LogP contribution in [0.1, 0.15) is 38.9 Å². The molecule has 7 heteroatoms. The maximum Gasteiger partial charge on any atom is 0.323 e. The van der Waals surface area contributed by atoms with E-state index in [-0.39, 0.29) is 12.1 Å². The number of likely N-dealkylation sites (N-methyl/N-ethyl adjacent to an activating group) is 1. The molecule has 0 unspecified atom stereocenters. The number of nitrogens with one attached hydrogen (secondary N) is 1. The van der Waals surface area contributed by atoms with Crippen molar-refractivity contribution in [2.75, 3.05) is 26.0 Å². The summed E-state index contributed by atoms with van der Waals surface area (Å²) in [5.74, 6) is 0.653. The molecule has 2 amide bonds. The maximum absolute atomic E-state index is 14.1. The largest absolute Gasteiger partial charge is 0.495 e. The Balaban J connectivity index is 1.49. The van der Waals surface area contributed by atoms with Crippen LogP contribution in [0.3, 0.4) is 0 Å². The predicted molar refractivity (Wildman–Crippen MR) is 144 cm³/mol. The average molecular weight is 499 g/mol. The van der Waals surface area contributed by atoms with E-state index in [2.05, 4.69) is 52.3 Å². The summed E-state index contributed by atoms with van der Waals surface area (Å²) in [4.78, 5) is 19.9. The number of ether oxygens (including phenoxy) is 1. The zero-order valence-electron chi connectivity index (χ0n) is 20.8. The quantitative estimate of drug-likeness (QED) is 0.378. The topological polar surface area (TPSA) is 49.7 Å². The molecular formula is C29H30N4O2S. The summed E-state index contributed by atoms with van der Waals surface area (Å²) in [5.41, 5.74) is 6.61. The van der Waals surface area contributed by atoms with Gasteiger partial charge in [-0.2, -0.15) is 0 Å². The zero-order chi connectivity index (χ0) is 24.8. The van der Waals surface area contributed by atoms with Crippen LogP contribution in [0.15, 0.2) is 66.9 Å². The van der Waals surface area contributed by atoms with Crippen molar-refractivity contribution in [1.29, 1.82) is 0 Å². The van der Waals surface area contributed by atoms with Gasteiger partial charge in [-0.3, -0.25) is 0 Å². The van der Waals surface area contributed by atoms with E-state index in [9.17, 15) is 4.79 Å². The van der Waals surface area contributed by atoms with Gasteiger partial charge in [0.05, 0.1) is 31.1 Å². The lowest BCUT2D eigenvalue weighted by Crippen LogP contribution is -2.38. The van der Waals surface area contributed by atoms with Crippen LogP contribution in [0.25, 0.3) is 5.00 Å². The molecule has 0 aliphatic carbocycles. The highest BCUT2D eigenvalue weighted by Crippen LogP contribution is 2.43. The summed E-state index contributed by atoms with van der Waals surface area (Å²) in [5, 5.41) is 4.42. The van der Waals surface area contributed by atoms with Gasteiger partial charge in [0.2, 0.25) is 0 Å². The van der Waals surface area contributed by atoms with E-state index in [0.717, 1.165) is 36.3 Å². The molecule has 0 fully saturated rings. The Morgan fingerprint density at radius 3 is 2.69 bits per heavy atom. The normalized spacial score (nSPS) is 17.1. The van der Waals surface area contributed by atoms with Crippen molar-refractivity contribution in [1.82, 2.24) is 14.4 Å². The van der Waals surface area contributed by atoms with Crippen LogP contribution in [0.4, 0.5) is 10.5 Å². The minimum absolute atomic E-state index is 0.138. The summed E-state index contributed by atoms with van der Waals surface area (Å²) < 4.78 is 7.86. The van der Waals surface area contributed by atoms with Crippen LogP contribution in [0, 0.1) is 6.92 Å². The molecule has 2 aromatic heterocycles. The number of carbonyl (C=O) groups is 1. The van der Waals surface area contributed by atoms with E-state index in [1.165, 1.54) is 21.0 Å². The SMILES string of the molecule is COc1ccc(C)cc1NC(=O)N1Cc2c(sc3c2CCN(C)C3)-n2cccc2[C@H]1c1ccccc1. The van der Waals surface area contributed by atoms with E-state index in [0.29, 0.717) is 18.0 Å². The summed E-state index contributed by atoms with van der Waals surface area (Å²) in [6.45, 7) is 4.55. The Morgan fingerprint density at radius 1 is 1.06 bits per heavy atom. The fourth-order valence-electron chi connectivity index (χ4n) is 5.44. The number of methoxy groups -OCH3 is 1. The first kappa shape index (κ1) is 22.9. The molecule has 184 valence electrons. The van der Waals surface area contributed by atoms with Crippen molar-refractivity contribution < 1.29 is 9.53 Å². The lowest BCUT2D eigenvalue weighted by atomic mass is 10.0. The van der Waals surface area contributed by atoms with Crippen molar-refractivity contribution in [3.63, 3.8) is 0 Å². The van der Waals surface area contributed by atoms with Gasteiger partial charge in [0, 0.05) is 29.7 Å². The molecule has 1 atom stereocenters. The van der Waals surface area contributed by atoms with Gasteiger partial charge in [0.15, 0.2) is 0 Å². The number of amides is 2. The summed E-state index contributed by atoms with van der Waals surface area (Å²) in [7, 11) is 3.81. The van der Waals surface area contributed by atoms with Crippen molar-refractivity contribution in [2.24, 2.45) is 0 Å². The summed E-state index contributed by atoms with van der Waals surface area (Å²) >= 11 is 1.87. The third-order valence-corrected chi connectivity index (χ3v) is 8.49. The molecule has 6 nitrogen and oxygen atoms in total. The number of urea groups is 1. The monoisotopic (exact) mass is 498 g/mol. The van der Waals surface area contributed by atoms with Crippen LogP contribution >= 0.6 is 11.3 Å². The maximum atomic E-state index is 14.1. The molecule has 4 aromatic rings. The molecule has 2 aliphatic rings. The van der Waals surface area contributed by atoms with Crippen molar-refractivity contribution in [2.45, 2.75) is 32.5 Å². The highest BCUT2D eigenvalue weighted by molar-refractivity contribution is 7.15. The number of hydrogen-bond donors (Lipinski definition) is 1. The highest BCUT2D eigenvalue weighted by Gasteiger charge is 2.36. The highest BCUT2D eigenvalue weighted by atomic mass is 32.1. The van der Waals surface area contributed by atoms with Gasteiger partial charge in [-0.15, -0.1) is 11.3 Å². The first-order valence-electron chi connectivity index (χ1n) is 12.3. The van der Waals surface area contributed by atoms with E-state index >= 15 is 0 Å². The van der Waals surface area contributed by atoms with Gasteiger partial charge in [-0.1, -0.05) is 36.4 Å². The molecular weight excluding hydrogens is 468 g/mol. The van der Waals surface area contributed by atoms with E-state index in [1.807, 2.05) is 59.6 Å². The molecule has 0 saturated carbocycles. The summed E-state index contributed by atoms with van der Waals surface area (Å²) in [6, 6.07) is 20.0. The van der Waals surface area contributed by atoms with Crippen molar-refractivity contribution in [3.05, 3.63) is 99.7 Å². The Bertz CT molecular complexity index is 1420. The summed E-state index contributed by atoms with van der Waals surface area (Å²) in [6.07, 6.45) is 3.15. The molecule has 0 saturated heterocycles. The minimum Gasteiger partial charge on any atom is -0.495 e. The van der Waals surface area contributed by atoms with Gasteiger partial charge in [-0.25, -0.2) is 4.79 Å². The number of rotatable bonds is 3. The number of hydrogen-bond acceptors (Lipinski definition) is 4. The molecule has 2 aromatic carbocycles. The number of aromatic nitrogens is 1. The second-order valence-electron chi connectivity index (χ2n) is 9.65. The van der Waals surface area contributed by atoms with E-state index in [1.54, 1.807) is 7.11 Å². The van der Waals surface area contributed by atoms with Crippen LogP contribution in [-0.2, 0) is 19.5 Å². The Labute approximate surface area is 215 Å². The number of aryl methyl sites for hydroxylation is 1. The Morgan fingerprint density at radius 2 is 1.89 bits per heavy atom. The zero-order valence-corrected chi connectivity index (χ0v) is 21.6. The van der Waals surface area contributed by atoms with E-state index < -0.39 is 0 Å². The fraction of sp³-hybridized carbons (Fsp3) is 0.276. The fourth-order valence-corrected chi connectivity index (χ4v) is 6.89. The van der Waals surface area contributed by atoms with Crippen molar-refractivity contribution >= 4 is 23.1 Å². The molecule has 2 aliphatic heterocycles. The number of nitrogens with zero attached hydrogens (tertiary/aromatic N) is 3. The smallest absolute Gasteiger partial charge is 0.323 e. The molecule has 0 radical (unpaired) electrons. The number of anilines is 1. The standard InChI is InChI=1S/C29H30N4O2S/c1-19-11-12-25(35-3)23(16-19)30-29(34)33-17-22-21-13-15-31(2)18-26(21)36-28(22)32-14-7-10-24(32)27(33)20-8-5-4-6-9-20/h4-12,14,16,27H,13,15,17-18H2,1-3H3,(H,30,34)/t27-/m1/s1. The first-order valence-corrected chi connectivity index (χ1v) is 13.1. The lowest BCUT2D eigenvalue weighted by molar-refractivity contribution is 0.194. The third-order valence-electron chi connectivity index (χ3n) is 7.23. The first-order chi connectivity index (χ1) is 17.5. The predicted octanol–water partition coefficient (Wildman–Crippen LogP) is 5.98. The molecule has 1 N–H and O–H groups in total. The minimum atomic E-state index is -0.224. The number of fused-ring (bicyclic) bond motifs is 5. The van der Waals surface area contributed by atoms with Crippen molar-refractivity contribution in [3.8, 4) is 10.8 Å². The molecule has 4 heterocycles. The van der Waals surface area contributed by atoms with Crippen LogP contribution in [0.2, 0.25) is 0 Å². The van der Waals surface area contributed by atoms with E-state index in [4.69, 9.17) is 4.74 Å². The second-order valence-corrected chi connectivity index (χ2v) is 10.7. The molecule has 0 bridgehead atoms. The Kier molecular flexibility index (Phi) is 5.82. The molecule has 36 heavy (non-hydrogen) atoms. The second kappa shape index (κ2) is 9.15. The lowest BCUT2D eigenvalue weighted by Gasteiger charge is -2.32. The number of thiophene rings is 1. The number of carbonyl (C=O) groups excluding carboxylic acids is 1. The third kappa shape index (κ3) is 3.88. The molecule has 0 spiro atoms. The Hall–Kier alpha value is -3.55. The average Bonchev–Trinajstić information content (AvgIpc) is 3.46. The van der Waals surface area contributed by atoms with Crippen LogP contribution in [-0.4, -0.2) is 41.1 Å². The van der Waals surface area contributed by atoms with Gasteiger partial charge in [0.1, 0.15) is 10.8 Å². The van der Waals surface area contributed by atoms with Gasteiger partial charge < -0.3 is 24.4 Å².